The van der Waals surface area contributed by atoms with E-state index < -0.39 is 0 Å². The normalized spacial score (nSPS) is 18.5. The minimum atomic E-state index is 0.575. The first-order valence-electron chi connectivity index (χ1n) is 9.20. The van der Waals surface area contributed by atoms with Crippen molar-refractivity contribution in [1.82, 2.24) is 15.2 Å². The van der Waals surface area contributed by atoms with Crippen molar-refractivity contribution in [2.75, 3.05) is 13.1 Å². The van der Waals surface area contributed by atoms with Gasteiger partial charge in [-0.05, 0) is 50.6 Å². The maximum absolute atomic E-state index is 5.76. The van der Waals surface area contributed by atoms with Gasteiger partial charge in [-0.1, -0.05) is 24.3 Å². The van der Waals surface area contributed by atoms with E-state index in [4.69, 9.17) is 4.42 Å². The van der Waals surface area contributed by atoms with Crippen molar-refractivity contribution < 1.29 is 4.42 Å². The Balaban J connectivity index is 1.59. The largest absolute Gasteiger partial charge is 0.464 e. The van der Waals surface area contributed by atoms with Crippen LogP contribution in [0.4, 0.5) is 0 Å². The van der Waals surface area contributed by atoms with Gasteiger partial charge in [0, 0.05) is 36.3 Å². The van der Waals surface area contributed by atoms with Crippen molar-refractivity contribution in [2.24, 2.45) is 0 Å². The molecule has 1 aliphatic rings. The van der Waals surface area contributed by atoms with Gasteiger partial charge in [0.1, 0.15) is 5.58 Å². The summed E-state index contributed by atoms with van der Waals surface area (Å²) in [6.45, 7) is 4.00. The SMILES string of the molecule is c1ccc(CN(Cc2coc3ccccc23)C2CCCNCC2)nc1. The third-order valence-electron chi connectivity index (χ3n) is 5.09. The minimum Gasteiger partial charge on any atom is -0.464 e. The second-order valence-electron chi connectivity index (χ2n) is 6.82. The second kappa shape index (κ2) is 7.81. The first-order chi connectivity index (χ1) is 12.4. The number of para-hydroxylation sites is 1. The van der Waals surface area contributed by atoms with Crippen molar-refractivity contribution in [3.8, 4) is 0 Å². The molecule has 2 aromatic heterocycles. The minimum absolute atomic E-state index is 0.575. The highest BCUT2D eigenvalue weighted by Crippen LogP contribution is 2.25. The van der Waals surface area contributed by atoms with E-state index in [9.17, 15) is 0 Å². The first kappa shape index (κ1) is 16.3. The number of nitrogens with one attached hydrogen (secondary N) is 1. The van der Waals surface area contributed by atoms with Gasteiger partial charge in [0.25, 0.3) is 0 Å². The van der Waals surface area contributed by atoms with Crippen LogP contribution in [-0.4, -0.2) is 29.0 Å². The van der Waals surface area contributed by atoms with Gasteiger partial charge in [0.2, 0.25) is 0 Å². The van der Waals surface area contributed by atoms with Crippen LogP contribution in [0.25, 0.3) is 11.0 Å². The van der Waals surface area contributed by atoms with E-state index in [0.717, 1.165) is 37.5 Å². The summed E-state index contributed by atoms with van der Waals surface area (Å²) in [5, 5.41) is 4.75. The monoisotopic (exact) mass is 335 g/mol. The van der Waals surface area contributed by atoms with Gasteiger partial charge in [-0.2, -0.15) is 0 Å². The van der Waals surface area contributed by atoms with Crippen LogP contribution in [0.2, 0.25) is 0 Å². The van der Waals surface area contributed by atoms with E-state index in [0.29, 0.717) is 6.04 Å². The molecule has 130 valence electrons. The summed E-state index contributed by atoms with van der Waals surface area (Å²) in [5.41, 5.74) is 3.37. The van der Waals surface area contributed by atoms with Gasteiger partial charge in [-0.25, -0.2) is 0 Å². The first-order valence-corrected chi connectivity index (χ1v) is 9.20. The lowest BCUT2D eigenvalue weighted by atomic mass is 10.1. The van der Waals surface area contributed by atoms with E-state index in [1.54, 1.807) is 0 Å². The Hall–Kier alpha value is -2.17. The number of rotatable bonds is 5. The molecular formula is C21H25N3O. The lowest BCUT2D eigenvalue weighted by Crippen LogP contribution is -2.35. The zero-order valence-corrected chi connectivity index (χ0v) is 14.5. The molecular weight excluding hydrogens is 310 g/mol. The highest BCUT2D eigenvalue weighted by Gasteiger charge is 2.22. The summed E-state index contributed by atoms with van der Waals surface area (Å²) in [4.78, 5) is 7.12. The number of aromatic nitrogens is 1. The molecule has 0 bridgehead atoms. The fourth-order valence-corrected chi connectivity index (χ4v) is 3.75. The van der Waals surface area contributed by atoms with Crippen LogP contribution in [0, 0.1) is 0 Å². The summed E-state index contributed by atoms with van der Waals surface area (Å²) in [7, 11) is 0. The lowest BCUT2D eigenvalue weighted by molar-refractivity contribution is 0.162. The average Bonchev–Trinajstić information content (AvgIpc) is 2.88. The van der Waals surface area contributed by atoms with E-state index in [2.05, 4.69) is 39.5 Å². The molecule has 0 aliphatic carbocycles. The predicted octanol–water partition coefficient (Wildman–Crippen LogP) is 3.97. The average molecular weight is 335 g/mol. The van der Waals surface area contributed by atoms with Crippen molar-refractivity contribution >= 4 is 11.0 Å². The number of benzene rings is 1. The molecule has 1 fully saturated rings. The summed E-state index contributed by atoms with van der Waals surface area (Å²) in [6, 6.07) is 15.0. The molecule has 1 saturated heterocycles. The highest BCUT2D eigenvalue weighted by molar-refractivity contribution is 5.80. The maximum Gasteiger partial charge on any atom is 0.134 e. The lowest BCUT2D eigenvalue weighted by Gasteiger charge is -2.30. The van der Waals surface area contributed by atoms with Gasteiger partial charge >= 0.3 is 0 Å². The molecule has 1 atom stereocenters. The molecule has 1 N–H and O–H groups in total. The van der Waals surface area contributed by atoms with Crippen molar-refractivity contribution in [3.05, 3.63) is 66.2 Å². The number of pyridine rings is 1. The third-order valence-corrected chi connectivity index (χ3v) is 5.09. The highest BCUT2D eigenvalue weighted by atomic mass is 16.3. The van der Waals surface area contributed by atoms with Crippen LogP contribution in [0.3, 0.4) is 0 Å². The van der Waals surface area contributed by atoms with Gasteiger partial charge < -0.3 is 9.73 Å². The van der Waals surface area contributed by atoms with Crippen LogP contribution in [0.5, 0.6) is 0 Å². The Labute approximate surface area is 148 Å². The number of fused-ring (bicyclic) bond motifs is 1. The number of furan rings is 1. The molecule has 0 spiro atoms. The quantitative estimate of drug-likeness (QED) is 0.766. The van der Waals surface area contributed by atoms with E-state index in [1.807, 2.05) is 30.7 Å². The Bertz CT molecular complexity index is 791. The molecule has 4 heteroatoms. The summed E-state index contributed by atoms with van der Waals surface area (Å²) in [5.74, 6) is 0. The third kappa shape index (κ3) is 3.91. The molecule has 25 heavy (non-hydrogen) atoms. The van der Waals surface area contributed by atoms with E-state index in [1.165, 1.54) is 30.2 Å². The van der Waals surface area contributed by atoms with Crippen LogP contribution in [-0.2, 0) is 13.1 Å². The fraction of sp³-hybridized carbons (Fsp3) is 0.381. The summed E-state index contributed by atoms with van der Waals surface area (Å²) >= 11 is 0. The molecule has 3 heterocycles. The Morgan fingerprint density at radius 3 is 2.88 bits per heavy atom. The molecule has 1 unspecified atom stereocenters. The maximum atomic E-state index is 5.76. The van der Waals surface area contributed by atoms with Gasteiger partial charge in [-0.3, -0.25) is 9.88 Å². The molecule has 4 rings (SSSR count). The summed E-state index contributed by atoms with van der Waals surface area (Å²) in [6.07, 6.45) is 7.45. The van der Waals surface area contributed by atoms with Crippen molar-refractivity contribution in [1.29, 1.82) is 0 Å². The molecule has 3 aromatic rings. The van der Waals surface area contributed by atoms with Gasteiger partial charge in [0.05, 0.1) is 12.0 Å². The zero-order chi connectivity index (χ0) is 16.9. The molecule has 0 amide bonds. The van der Waals surface area contributed by atoms with Crippen molar-refractivity contribution in [3.63, 3.8) is 0 Å². The molecule has 1 aliphatic heterocycles. The Kier molecular flexibility index (Phi) is 5.09. The van der Waals surface area contributed by atoms with Gasteiger partial charge in [-0.15, -0.1) is 0 Å². The standard InChI is InChI=1S/C21H25N3O/c1-2-9-21-20(8-1)17(16-25-21)14-24(15-18-6-3-4-12-23-18)19-7-5-11-22-13-10-19/h1-4,6,8-9,12,16,19,22H,5,7,10-11,13-15H2. The van der Waals surface area contributed by atoms with Crippen molar-refractivity contribution in [2.45, 2.75) is 38.4 Å². The summed E-state index contributed by atoms with van der Waals surface area (Å²) < 4.78 is 5.76. The number of hydrogen-bond donors (Lipinski definition) is 1. The smallest absolute Gasteiger partial charge is 0.134 e. The van der Waals surface area contributed by atoms with Crippen LogP contribution in [0.15, 0.2) is 59.3 Å². The van der Waals surface area contributed by atoms with Crippen LogP contribution >= 0.6 is 0 Å². The Morgan fingerprint density at radius 1 is 1.04 bits per heavy atom. The Morgan fingerprint density at radius 2 is 1.96 bits per heavy atom. The molecule has 0 saturated carbocycles. The second-order valence-corrected chi connectivity index (χ2v) is 6.82. The molecule has 4 nitrogen and oxygen atoms in total. The van der Waals surface area contributed by atoms with E-state index >= 15 is 0 Å². The van der Waals surface area contributed by atoms with Crippen LogP contribution in [0.1, 0.15) is 30.5 Å². The van der Waals surface area contributed by atoms with Gasteiger partial charge in [0.15, 0.2) is 0 Å². The number of nitrogens with zero attached hydrogens (tertiary/aromatic N) is 2. The predicted molar refractivity (Wildman–Crippen MR) is 100 cm³/mol. The fourth-order valence-electron chi connectivity index (χ4n) is 3.75. The molecule has 0 radical (unpaired) electrons. The zero-order valence-electron chi connectivity index (χ0n) is 14.5. The van der Waals surface area contributed by atoms with E-state index in [-0.39, 0.29) is 0 Å². The topological polar surface area (TPSA) is 41.3 Å². The van der Waals surface area contributed by atoms with Crippen LogP contribution < -0.4 is 5.32 Å². The molecule has 1 aromatic carbocycles. The number of hydrogen-bond acceptors (Lipinski definition) is 4.